The molecule has 1 aromatic carbocycles. The van der Waals surface area contributed by atoms with Gasteiger partial charge in [0.25, 0.3) is 0 Å². The van der Waals surface area contributed by atoms with Gasteiger partial charge in [-0.3, -0.25) is 4.79 Å². The minimum absolute atomic E-state index is 0.0470. The summed E-state index contributed by atoms with van der Waals surface area (Å²) in [5.74, 6) is -0.0659. The van der Waals surface area contributed by atoms with E-state index in [9.17, 15) is 13.2 Å². The molecule has 3 N–H and O–H groups in total. The molecule has 1 atom stereocenters. The second-order valence-corrected chi connectivity index (χ2v) is 6.64. The van der Waals surface area contributed by atoms with Gasteiger partial charge in [0, 0.05) is 11.6 Å². The van der Waals surface area contributed by atoms with E-state index in [1.54, 1.807) is 24.3 Å². The van der Waals surface area contributed by atoms with E-state index in [-0.39, 0.29) is 23.5 Å². The smallest absolute Gasteiger partial charge is 0.227 e. The predicted octanol–water partition coefficient (Wildman–Crippen LogP) is 1.71. The lowest BCUT2D eigenvalue weighted by molar-refractivity contribution is -0.120. The Morgan fingerprint density at radius 2 is 1.74 bits per heavy atom. The first-order valence-electron chi connectivity index (χ1n) is 6.09. The molecule has 0 aromatic heterocycles. The van der Waals surface area contributed by atoms with Gasteiger partial charge in [-0.1, -0.05) is 32.9 Å². The van der Waals surface area contributed by atoms with Crippen molar-refractivity contribution >= 4 is 21.6 Å². The van der Waals surface area contributed by atoms with Crippen molar-refractivity contribution in [3.63, 3.8) is 0 Å². The second kappa shape index (κ2) is 6.16. The van der Waals surface area contributed by atoms with E-state index in [0.717, 1.165) is 0 Å². The molecule has 0 fully saturated rings. The lowest BCUT2D eigenvalue weighted by atomic mass is 9.97. The summed E-state index contributed by atoms with van der Waals surface area (Å²) in [4.78, 5) is 11.8. The molecule has 0 radical (unpaired) electrons. The summed E-state index contributed by atoms with van der Waals surface area (Å²) in [6.45, 7) is 5.84. The highest BCUT2D eigenvalue weighted by molar-refractivity contribution is 7.88. The summed E-state index contributed by atoms with van der Waals surface area (Å²) in [7, 11) is -3.53. The zero-order valence-electron chi connectivity index (χ0n) is 11.4. The van der Waals surface area contributed by atoms with Crippen molar-refractivity contribution in [2.24, 2.45) is 17.0 Å². The molecular weight excluding hydrogens is 264 g/mol. The average molecular weight is 284 g/mol. The van der Waals surface area contributed by atoms with E-state index in [1.165, 1.54) is 0 Å². The van der Waals surface area contributed by atoms with E-state index in [4.69, 9.17) is 5.14 Å². The minimum atomic E-state index is -3.53. The average Bonchev–Trinajstić information content (AvgIpc) is 2.28. The van der Waals surface area contributed by atoms with Crippen LogP contribution >= 0.6 is 0 Å². The van der Waals surface area contributed by atoms with Crippen molar-refractivity contribution in [2.45, 2.75) is 26.5 Å². The Hall–Kier alpha value is -1.40. The molecule has 1 rings (SSSR count). The third kappa shape index (κ3) is 5.40. The van der Waals surface area contributed by atoms with Crippen LogP contribution in [0.5, 0.6) is 0 Å². The maximum atomic E-state index is 11.8. The number of primary sulfonamides is 1. The number of amides is 1. The summed E-state index contributed by atoms with van der Waals surface area (Å²) in [5.41, 5.74) is 1.24. The van der Waals surface area contributed by atoms with E-state index in [0.29, 0.717) is 11.3 Å². The number of carbonyl (C=O) groups excluding carboxylic acids is 1. The lowest BCUT2D eigenvalue weighted by Gasteiger charge is -2.15. The normalized spacial score (nSPS) is 13.3. The molecule has 106 valence electrons. The molecule has 0 aliphatic rings. The number of nitrogens with one attached hydrogen (secondary N) is 1. The maximum absolute atomic E-state index is 11.8. The monoisotopic (exact) mass is 284 g/mol. The molecule has 6 heteroatoms. The third-order valence-electron chi connectivity index (χ3n) is 3.00. The highest BCUT2D eigenvalue weighted by Crippen LogP contribution is 2.15. The first-order chi connectivity index (χ1) is 8.69. The van der Waals surface area contributed by atoms with Crippen molar-refractivity contribution < 1.29 is 13.2 Å². The number of hydrogen-bond donors (Lipinski definition) is 2. The molecule has 0 saturated heterocycles. The van der Waals surface area contributed by atoms with Gasteiger partial charge in [0.05, 0.1) is 5.75 Å². The molecule has 1 unspecified atom stereocenters. The van der Waals surface area contributed by atoms with Crippen LogP contribution in [-0.4, -0.2) is 14.3 Å². The summed E-state index contributed by atoms with van der Waals surface area (Å²) < 4.78 is 21.9. The Morgan fingerprint density at radius 3 is 2.16 bits per heavy atom. The molecule has 1 aromatic rings. The second-order valence-electron chi connectivity index (χ2n) is 5.03. The number of sulfonamides is 1. The van der Waals surface area contributed by atoms with Crippen LogP contribution < -0.4 is 10.5 Å². The van der Waals surface area contributed by atoms with Crippen LogP contribution in [-0.2, 0) is 20.6 Å². The number of rotatable bonds is 5. The summed E-state index contributed by atoms with van der Waals surface area (Å²) in [6.07, 6.45) is 0. The third-order valence-corrected chi connectivity index (χ3v) is 3.74. The Labute approximate surface area is 114 Å². The summed E-state index contributed by atoms with van der Waals surface area (Å²) >= 11 is 0. The van der Waals surface area contributed by atoms with Crippen LogP contribution in [0.2, 0.25) is 0 Å². The van der Waals surface area contributed by atoms with Gasteiger partial charge in [0.15, 0.2) is 0 Å². The molecule has 0 bridgehead atoms. The fourth-order valence-corrected chi connectivity index (χ4v) is 2.13. The quantitative estimate of drug-likeness (QED) is 0.862. The first kappa shape index (κ1) is 15.7. The zero-order chi connectivity index (χ0) is 14.6. The van der Waals surface area contributed by atoms with Crippen LogP contribution in [0.4, 0.5) is 5.69 Å². The zero-order valence-corrected chi connectivity index (χ0v) is 12.2. The Balaban J connectivity index is 2.70. The largest absolute Gasteiger partial charge is 0.326 e. The van der Waals surface area contributed by atoms with Crippen LogP contribution in [0, 0.1) is 11.8 Å². The van der Waals surface area contributed by atoms with E-state index < -0.39 is 10.0 Å². The van der Waals surface area contributed by atoms with Gasteiger partial charge in [-0.15, -0.1) is 0 Å². The van der Waals surface area contributed by atoms with Crippen molar-refractivity contribution in [2.75, 3.05) is 5.32 Å². The Kier molecular flexibility index (Phi) is 5.08. The van der Waals surface area contributed by atoms with Crippen molar-refractivity contribution in [3.8, 4) is 0 Å². The van der Waals surface area contributed by atoms with Gasteiger partial charge >= 0.3 is 0 Å². The maximum Gasteiger partial charge on any atom is 0.227 e. The van der Waals surface area contributed by atoms with E-state index in [1.807, 2.05) is 20.8 Å². The van der Waals surface area contributed by atoms with Crippen LogP contribution in [0.1, 0.15) is 26.3 Å². The van der Waals surface area contributed by atoms with Gasteiger partial charge in [-0.25, -0.2) is 13.6 Å². The lowest BCUT2D eigenvalue weighted by Crippen LogP contribution is -2.24. The molecule has 1 amide bonds. The first-order valence-corrected chi connectivity index (χ1v) is 7.81. The standard InChI is InChI=1S/C13H20N2O3S/c1-9(2)10(3)13(16)15-12-6-4-11(5-7-12)8-19(14,17)18/h4-7,9-10H,8H2,1-3H3,(H,15,16)(H2,14,17,18). The van der Waals surface area contributed by atoms with Gasteiger partial charge in [-0.05, 0) is 23.6 Å². The van der Waals surface area contributed by atoms with Crippen molar-refractivity contribution in [1.29, 1.82) is 0 Å². The van der Waals surface area contributed by atoms with Crippen LogP contribution in [0.3, 0.4) is 0 Å². The minimum Gasteiger partial charge on any atom is -0.326 e. The topological polar surface area (TPSA) is 89.3 Å². The number of anilines is 1. The predicted molar refractivity (Wildman–Crippen MR) is 75.9 cm³/mol. The Bertz CT molecular complexity index is 536. The molecule has 0 aliphatic carbocycles. The van der Waals surface area contributed by atoms with Crippen LogP contribution in [0.25, 0.3) is 0 Å². The highest BCUT2D eigenvalue weighted by Gasteiger charge is 2.16. The number of benzene rings is 1. The number of carbonyl (C=O) groups is 1. The molecule has 5 nitrogen and oxygen atoms in total. The summed E-state index contributed by atoms with van der Waals surface area (Å²) in [6, 6.07) is 6.62. The summed E-state index contributed by atoms with van der Waals surface area (Å²) in [5, 5.41) is 7.76. The highest BCUT2D eigenvalue weighted by atomic mass is 32.2. The molecule has 0 saturated carbocycles. The molecule has 0 aliphatic heterocycles. The number of hydrogen-bond acceptors (Lipinski definition) is 3. The van der Waals surface area contributed by atoms with Gasteiger partial charge in [0.2, 0.25) is 15.9 Å². The number of nitrogens with two attached hydrogens (primary N) is 1. The molecular formula is C13H20N2O3S. The van der Waals surface area contributed by atoms with Gasteiger partial charge in [0.1, 0.15) is 0 Å². The van der Waals surface area contributed by atoms with Gasteiger partial charge in [-0.2, -0.15) is 0 Å². The Morgan fingerprint density at radius 1 is 1.21 bits per heavy atom. The molecule has 0 heterocycles. The fourth-order valence-electron chi connectivity index (χ4n) is 1.48. The van der Waals surface area contributed by atoms with E-state index >= 15 is 0 Å². The van der Waals surface area contributed by atoms with Gasteiger partial charge < -0.3 is 5.32 Å². The molecule has 19 heavy (non-hydrogen) atoms. The SMILES string of the molecule is CC(C)C(C)C(=O)Nc1ccc(CS(N)(=O)=O)cc1. The van der Waals surface area contributed by atoms with E-state index in [2.05, 4.69) is 5.32 Å². The van der Waals surface area contributed by atoms with Crippen LogP contribution in [0.15, 0.2) is 24.3 Å². The fraction of sp³-hybridized carbons (Fsp3) is 0.462. The molecule has 0 spiro atoms. The van der Waals surface area contributed by atoms with Crippen molar-refractivity contribution in [3.05, 3.63) is 29.8 Å². The van der Waals surface area contributed by atoms with Crippen molar-refractivity contribution in [1.82, 2.24) is 0 Å².